The normalized spacial score (nSPS) is 23.4. The highest BCUT2D eigenvalue weighted by molar-refractivity contribution is 6.03. The summed E-state index contributed by atoms with van der Waals surface area (Å²) in [5.74, 6) is 0. The first-order valence-corrected chi connectivity index (χ1v) is 5.80. The molecule has 2 heteroatoms. The van der Waals surface area contributed by atoms with Crippen molar-refractivity contribution in [1.29, 1.82) is 0 Å². The lowest BCUT2D eigenvalue weighted by Crippen LogP contribution is -2.32. The van der Waals surface area contributed by atoms with Crippen molar-refractivity contribution < 1.29 is 0 Å². The van der Waals surface area contributed by atoms with Gasteiger partial charge in [0.1, 0.15) is 0 Å². The van der Waals surface area contributed by atoms with E-state index < -0.39 is 0 Å². The Kier molecular flexibility index (Phi) is 2.03. The second-order valence-electron chi connectivity index (χ2n) is 4.58. The van der Waals surface area contributed by atoms with E-state index in [9.17, 15) is 0 Å². The van der Waals surface area contributed by atoms with Crippen LogP contribution in [0.2, 0.25) is 0 Å². The topological polar surface area (TPSA) is 24.1 Å². The maximum atomic E-state index is 3.57. The van der Waals surface area contributed by atoms with E-state index in [1.807, 2.05) is 0 Å². The Morgan fingerprint density at radius 2 is 1.31 bits per heavy atom. The zero-order chi connectivity index (χ0) is 11.1. The van der Waals surface area contributed by atoms with Crippen LogP contribution in [0.1, 0.15) is 13.8 Å². The van der Waals surface area contributed by atoms with Crippen molar-refractivity contribution in [3.63, 3.8) is 0 Å². The van der Waals surface area contributed by atoms with E-state index in [0.717, 1.165) is 0 Å². The summed E-state index contributed by atoms with van der Waals surface area (Å²) in [5, 5.41) is 9.74. The molecule has 2 N–H and O–H groups in total. The first-order chi connectivity index (χ1) is 7.75. The van der Waals surface area contributed by atoms with Crippen LogP contribution in [0.15, 0.2) is 36.4 Å². The van der Waals surface area contributed by atoms with Gasteiger partial charge in [-0.25, -0.2) is 0 Å². The van der Waals surface area contributed by atoms with Gasteiger partial charge < -0.3 is 10.6 Å². The van der Waals surface area contributed by atoms with E-state index in [4.69, 9.17) is 0 Å². The maximum Gasteiger partial charge on any atom is 0.0443 e. The minimum Gasteiger partial charge on any atom is -0.380 e. The Morgan fingerprint density at radius 1 is 0.812 bits per heavy atom. The molecular weight excluding hydrogens is 196 g/mol. The van der Waals surface area contributed by atoms with Crippen molar-refractivity contribution in [2.45, 2.75) is 25.9 Å². The summed E-state index contributed by atoms with van der Waals surface area (Å²) in [4.78, 5) is 0. The van der Waals surface area contributed by atoms with Gasteiger partial charge in [0.15, 0.2) is 0 Å². The van der Waals surface area contributed by atoms with Crippen molar-refractivity contribution in [3.05, 3.63) is 36.4 Å². The molecule has 0 aliphatic carbocycles. The fourth-order valence-corrected chi connectivity index (χ4v) is 2.32. The number of nitrogens with one attached hydrogen (secondary N) is 2. The summed E-state index contributed by atoms with van der Waals surface area (Å²) in [5.41, 5.74) is 2.47. The second kappa shape index (κ2) is 3.41. The SMILES string of the molecule is CC1Nc2cccc3cccc(c23)NC1C. The van der Waals surface area contributed by atoms with Gasteiger partial charge in [-0.15, -0.1) is 0 Å². The van der Waals surface area contributed by atoms with Crippen LogP contribution in [0.25, 0.3) is 10.8 Å². The number of anilines is 2. The van der Waals surface area contributed by atoms with Crippen molar-refractivity contribution in [1.82, 2.24) is 0 Å². The molecule has 0 fully saturated rings. The van der Waals surface area contributed by atoms with Gasteiger partial charge in [-0.3, -0.25) is 0 Å². The van der Waals surface area contributed by atoms with Gasteiger partial charge in [0.05, 0.1) is 0 Å². The van der Waals surface area contributed by atoms with Crippen LogP contribution in [0.5, 0.6) is 0 Å². The fourth-order valence-electron chi connectivity index (χ4n) is 2.32. The summed E-state index contributed by atoms with van der Waals surface area (Å²) >= 11 is 0. The van der Waals surface area contributed by atoms with Gasteiger partial charge in [0.25, 0.3) is 0 Å². The minimum absolute atomic E-state index is 0.429. The molecule has 0 saturated heterocycles. The van der Waals surface area contributed by atoms with Crippen LogP contribution in [0.4, 0.5) is 11.4 Å². The highest BCUT2D eigenvalue weighted by Gasteiger charge is 2.18. The highest BCUT2D eigenvalue weighted by atomic mass is 15.0. The highest BCUT2D eigenvalue weighted by Crippen LogP contribution is 2.33. The summed E-state index contributed by atoms with van der Waals surface area (Å²) in [6.45, 7) is 4.42. The molecule has 2 atom stereocenters. The molecule has 0 bridgehead atoms. The Morgan fingerprint density at radius 3 is 1.81 bits per heavy atom. The molecule has 0 spiro atoms. The molecule has 0 radical (unpaired) electrons. The van der Waals surface area contributed by atoms with Gasteiger partial charge in [0.2, 0.25) is 0 Å². The van der Waals surface area contributed by atoms with Gasteiger partial charge in [-0.2, -0.15) is 0 Å². The Balaban J connectivity index is 2.30. The largest absolute Gasteiger partial charge is 0.380 e. The second-order valence-corrected chi connectivity index (χ2v) is 4.58. The monoisotopic (exact) mass is 212 g/mol. The standard InChI is InChI=1S/C14H16N2/c1-9-10(2)16-13-8-4-6-11-5-3-7-12(15-9)14(11)13/h3-10,15-16H,1-2H3. The van der Waals surface area contributed by atoms with Gasteiger partial charge in [-0.1, -0.05) is 24.3 Å². The van der Waals surface area contributed by atoms with Crippen LogP contribution in [-0.4, -0.2) is 12.1 Å². The zero-order valence-electron chi connectivity index (χ0n) is 9.62. The van der Waals surface area contributed by atoms with Crippen LogP contribution in [-0.2, 0) is 0 Å². The smallest absolute Gasteiger partial charge is 0.0443 e. The average Bonchev–Trinajstić information content (AvgIpc) is 2.40. The molecule has 2 nitrogen and oxygen atoms in total. The third-order valence-electron chi connectivity index (χ3n) is 3.42. The number of rotatable bonds is 0. The Labute approximate surface area is 95.7 Å². The molecule has 3 rings (SSSR count). The summed E-state index contributed by atoms with van der Waals surface area (Å²) < 4.78 is 0. The molecule has 1 aliphatic rings. The van der Waals surface area contributed by atoms with E-state index in [0.29, 0.717) is 12.1 Å². The van der Waals surface area contributed by atoms with Gasteiger partial charge in [0, 0.05) is 28.8 Å². The molecule has 1 aliphatic heterocycles. The summed E-state index contributed by atoms with van der Waals surface area (Å²) in [6, 6.07) is 13.7. The molecule has 2 aromatic rings. The number of benzene rings is 2. The van der Waals surface area contributed by atoms with Gasteiger partial charge >= 0.3 is 0 Å². The van der Waals surface area contributed by atoms with E-state index in [2.05, 4.69) is 60.9 Å². The Bertz CT molecular complexity index is 488. The first-order valence-electron chi connectivity index (χ1n) is 5.80. The lowest BCUT2D eigenvalue weighted by atomic mass is 10.1. The van der Waals surface area contributed by atoms with Crippen LogP contribution in [0, 0.1) is 0 Å². The van der Waals surface area contributed by atoms with Crippen molar-refractivity contribution in [2.75, 3.05) is 10.6 Å². The molecule has 82 valence electrons. The van der Waals surface area contributed by atoms with Crippen molar-refractivity contribution >= 4 is 22.1 Å². The minimum atomic E-state index is 0.429. The van der Waals surface area contributed by atoms with Crippen molar-refractivity contribution in [3.8, 4) is 0 Å². The maximum absolute atomic E-state index is 3.57. The first kappa shape index (κ1) is 9.52. The lowest BCUT2D eigenvalue weighted by molar-refractivity contribution is 0.682. The predicted molar refractivity (Wildman–Crippen MR) is 70.1 cm³/mol. The molecule has 0 aromatic heterocycles. The molecule has 2 aromatic carbocycles. The average molecular weight is 212 g/mol. The predicted octanol–water partition coefficient (Wildman–Crippen LogP) is 3.45. The van der Waals surface area contributed by atoms with E-state index in [1.165, 1.54) is 22.1 Å². The summed E-state index contributed by atoms with van der Waals surface area (Å²) in [7, 11) is 0. The molecule has 16 heavy (non-hydrogen) atoms. The third-order valence-corrected chi connectivity index (χ3v) is 3.42. The van der Waals surface area contributed by atoms with Crippen LogP contribution in [0.3, 0.4) is 0 Å². The van der Waals surface area contributed by atoms with Gasteiger partial charge in [-0.05, 0) is 31.4 Å². The van der Waals surface area contributed by atoms with Crippen LogP contribution >= 0.6 is 0 Å². The van der Waals surface area contributed by atoms with E-state index >= 15 is 0 Å². The number of hydrogen-bond donors (Lipinski definition) is 2. The molecule has 1 heterocycles. The van der Waals surface area contributed by atoms with Crippen molar-refractivity contribution in [2.24, 2.45) is 0 Å². The molecule has 2 unspecified atom stereocenters. The zero-order valence-corrected chi connectivity index (χ0v) is 9.62. The van der Waals surface area contributed by atoms with E-state index in [-0.39, 0.29) is 0 Å². The fraction of sp³-hybridized carbons (Fsp3) is 0.286. The van der Waals surface area contributed by atoms with Crippen LogP contribution < -0.4 is 10.6 Å². The summed E-state index contributed by atoms with van der Waals surface area (Å²) in [6.07, 6.45) is 0. The molecule has 0 amide bonds. The lowest BCUT2D eigenvalue weighted by Gasteiger charge is -2.20. The van der Waals surface area contributed by atoms with E-state index in [1.54, 1.807) is 0 Å². The third kappa shape index (κ3) is 1.33. The Hall–Kier alpha value is -1.70. The molecular formula is C14H16N2. The number of hydrogen-bond acceptors (Lipinski definition) is 2. The molecule has 0 saturated carbocycles. The quantitative estimate of drug-likeness (QED) is 0.699.